The van der Waals surface area contributed by atoms with Gasteiger partial charge in [0, 0.05) is 13.0 Å². The van der Waals surface area contributed by atoms with Gasteiger partial charge < -0.3 is 14.8 Å². The fourth-order valence-electron chi connectivity index (χ4n) is 1.42. The Kier molecular flexibility index (Phi) is 7.68. The van der Waals surface area contributed by atoms with Gasteiger partial charge in [0.2, 0.25) is 5.91 Å². The molecule has 0 aliphatic carbocycles. The highest BCUT2D eigenvalue weighted by Gasteiger charge is 2.28. The highest BCUT2D eigenvalue weighted by molar-refractivity contribution is 5.84. The molecule has 1 atom stereocenters. The van der Waals surface area contributed by atoms with Gasteiger partial charge in [-0.3, -0.25) is 4.79 Å². The maximum absolute atomic E-state index is 12.0. The van der Waals surface area contributed by atoms with Gasteiger partial charge in [0.15, 0.2) is 0 Å². The maximum atomic E-state index is 12.0. The smallest absolute Gasteiger partial charge is 0.329 e. The topological polar surface area (TPSA) is 64.6 Å². The summed E-state index contributed by atoms with van der Waals surface area (Å²) in [4.78, 5) is 23.7. The first-order valence-corrected chi connectivity index (χ1v) is 6.77. The number of amides is 1. The lowest BCUT2D eigenvalue weighted by atomic mass is 10.0. The van der Waals surface area contributed by atoms with Crippen LogP contribution in [0.2, 0.25) is 0 Å². The Labute approximate surface area is 116 Å². The van der Waals surface area contributed by atoms with Crippen LogP contribution in [0.15, 0.2) is 0 Å². The lowest BCUT2D eigenvalue weighted by Crippen LogP contribution is -2.47. The van der Waals surface area contributed by atoms with E-state index in [9.17, 15) is 9.59 Å². The summed E-state index contributed by atoms with van der Waals surface area (Å²) in [6, 6.07) is -0.617. The predicted molar refractivity (Wildman–Crippen MR) is 73.7 cm³/mol. The zero-order valence-corrected chi connectivity index (χ0v) is 12.9. The largest absolute Gasteiger partial charge is 0.458 e. The van der Waals surface area contributed by atoms with Gasteiger partial charge in [-0.25, -0.2) is 4.79 Å². The molecule has 19 heavy (non-hydrogen) atoms. The van der Waals surface area contributed by atoms with Crippen LogP contribution in [0.1, 0.15) is 48.0 Å². The molecular formula is C14H27NO4. The highest BCUT2D eigenvalue weighted by atomic mass is 16.6. The lowest BCUT2D eigenvalue weighted by molar-refractivity contribution is -0.160. The fraction of sp³-hybridized carbons (Fsp3) is 0.857. The van der Waals surface area contributed by atoms with Crippen LogP contribution in [0.4, 0.5) is 0 Å². The molecule has 0 aromatic rings. The Morgan fingerprint density at radius 1 is 1.21 bits per heavy atom. The summed E-state index contributed by atoms with van der Waals surface area (Å²) in [7, 11) is 0. The quantitative estimate of drug-likeness (QED) is 0.568. The van der Waals surface area contributed by atoms with Crippen molar-refractivity contribution >= 4 is 11.9 Å². The minimum Gasteiger partial charge on any atom is -0.458 e. The number of ether oxygens (including phenoxy) is 2. The zero-order chi connectivity index (χ0) is 15.1. The molecule has 0 aromatic heterocycles. The highest BCUT2D eigenvalue weighted by Crippen LogP contribution is 2.12. The number of rotatable bonds is 7. The lowest BCUT2D eigenvalue weighted by Gasteiger charge is -2.26. The Hall–Kier alpha value is -1.10. The number of carbonyl (C=O) groups excluding carboxylic acids is 2. The van der Waals surface area contributed by atoms with E-state index in [2.05, 4.69) is 5.32 Å². The molecule has 0 rings (SSSR count). The second-order valence-electron chi connectivity index (χ2n) is 5.77. The van der Waals surface area contributed by atoms with Gasteiger partial charge in [0.05, 0.1) is 6.61 Å². The van der Waals surface area contributed by atoms with Crippen LogP contribution < -0.4 is 5.32 Å². The second kappa shape index (κ2) is 8.15. The van der Waals surface area contributed by atoms with Crippen molar-refractivity contribution in [2.24, 2.45) is 5.92 Å². The molecule has 5 nitrogen and oxygen atoms in total. The van der Waals surface area contributed by atoms with Gasteiger partial charge in [-0.1, -0.05) is 13.8 Å². The SMILES string of the molecule is CCOCCC(=O)N[C@@H](C(=O)OC(C)(C)C)C(C)C. The Morgan fingerprint density at radius 3 is 2.21 bits per heavy atom. The summed E-state index contributed by atoms with van der Waals surface area (Å²) < 4.78 is 10.4. The van der Waals surface area contributed by atoms with Crippen LogP contribution >= 0.6 is 0 Å². The van der Waals surface area contributed by atoms with Crippen LogP contribution in [0.25, 0.3) is 0 Å². The summed E-state index contributed by atoms with van der Waals surface area (Å²) in [6.07, 6.45) is 0.250. The standard InChI is InChI=1S/C14H27NO4/c1-7-18-9-8-11(16)15-12(10(2)3)13(17)19-14(4,5)6/h10,12H,7-9H2,1-6H3,(H,15,16)/t12-/m1/s1. The Bertz CT molecular complexity index is 294. The van der Waals surface area contributed by atoms with E-state index >= 15 is 0 Å². The van der Waals surface area contributed by atoms with Crippen molar-refractivity contribution in [2.75, 3.05) is 13.2 Å². The van der Waals surface area contributed by atoms with Crippen molar-refractivity contribution < 1.29 is 19.1 Å². The molecule has 1 amide bonds. The molecular weight excluding hydrogens is 246 g/mol. The van der Waals surface area contributed by atoms with Crippen molar-refractivity contribution in [1.29, 1.82) is 0 Å². The van der Waals surface area contributed by atoms with E-state index in [0.717, 1.165) is 0 Å². The van der Waals surface area contributed by atoms with Crippen LogP contribution in [0.3, 0.4) is 0 Å². The van der Waals surface area contributed by atoms with Crippen molar-refractivity contribution in [3.05, 3.63) is 0 Å². The third kappa shape index (κ3) is 8.59. The number of esters is 1. The first-order valence-electron chi connectivity index (χ1n) is 6.77. The second-order valence-corrected chi connectivity index (χ2v) is 5.77. The molecule has 0 heterocycles. The molecule has 5 heteroatoms. The molecule has 0 bridgehead atoms. The minimum atomic E-state index is -0.617. The molecule has 0 aromatic carbocycles. The van der Waals surface area contributed by atoms with Crippen molar-refractivity contribution in [1.82, 2.24) is 5.32 Å². The van der Waals surface area contributed by atoms with Gasteiger partial charge in [-0.2, -0.15) is 0 Å². The van der Waals surface area contributed by atoms with Gasteiger partial charge in [0.25, 0.3) is 0 Å². The third-order valence-electron chi connectivity index (χ3n) is 2.32. The van der Waals surface area contributed by atoms with Gasteiger partial charge in [-0.15, -0.1) is 0 Å². The third-order valence-corrected chi connectivity index (χ3v) is 2.32. The summed E-state index contributed by atoms with van der Waals surface area (Å²) in [5.74, 6) is -0.615. The molecule has 0 radical (unpaired) electrons. The van der Waals surface area contributed by atoms with E-state index in [4.69, 9.17) is 9.47 Å². The number of hydrogen-bond acceptors (Lipinski definition) is 4. The molecule has 0 saturated heterocycles. The van der Waals surface area contributed by atoms with E-state index in [1.807, 2.05) is 20.8 Å². The molecule has 0 saturated carbocycles. The van der Waals surface area contributed by atoms with Crippen molar-refractivity contribution in [3.8, 4) is 0 Å². The van der Waals surface area contributed by atoms with E-state index in [-0.39, 0.29) is 18.2 Å². The monoisotopic (exact) mass is 273 g/mol. The van der Waals surface area contributed by atoms with Gasteiger partial charge in [0.1, 0.15) is 11.6 Å². The van der Waals surface area contributed by atoms with Crippen LogP contribution in [0, 0.1) is 5.92 Å². The summed E-state index contributed by atoms with van der Waals surface area (Å²) >= 11 is 0. The predicted octanol–water partition coefficient (Wildman–Crippen LogP) is 1.90. The van der Waals surface area contributed by atoms with Crippen LogP contribution in [-0.4, -0.2) is 36.7 Å². The molecule has 1 N–H and O–H groups in total. The van der Waals surface area contributed by atoms with Crippen molar-refractivity contribution in [3.63, 3.8) is 0 Å². The molecule has 112 valence electrons. The molecule has 0 aliphatic heterocycles. The van der Waals surface area contributed by atoms with Crippen molar-refractivity contribution in [2.45, 2.75) is 59.6 Å². The van der Waals surface area contributed by atoms with E-state index in [0.29, 0.717) is 13.2 Å². The first kappa shape index (κ1) is 17.9. The molecule has 0 spiro atoms. The maximum Gasteiger partial charge on any atom is 0.329 e. The average Bonchev–Trinajstić information content (AvgIpc) is 2.23. The van der Waals surface area contributed by atoms with Gasteiger partial charge in [-0.05, 0) is 33.6 Å². The molecule has 0 unspecified atom stereocenters. The van der Waals surface area contributed by atoms with E-state index < -0.39 is 17.6 Å². The van der Waals surface area contributed by atoms with Crippen LogP contribution in [-0.2, 0) is 19.1 Å². The van der Waals surface area contributed by atoms with E-state index in [1.54, 1.807) is 20.8 Å². The summed E-state index contributed by atoms with van der Waals surface area (Å²) in [5, 5.41) is 2.70. The summed E-state index contributed by atoms with van der Waals surface area (Å²) in [5.41, 5.74) is -0.555. The fourth-order valence-corrected chi connectivity index (χ4v) is 1.42. The number of hydrogen-bond donors (Lipinski definition) is 1. The molecule has 0 fully saturated rings. The summed E-state index contributed by atoms with van der Waals surface area (Å²) in [6.45, 7) is 12.0. The molecule has 0 aliphatic rings. The number of nitrogens with one attached hydrogen (secondary N) is 1. The Balaban J connectivity index is 4.41. The minimum absolute atomic E-state index is 0.0223. The first-order chi connectivity index (χ1) is 8.67. The van der Waals surface area contributed by atoms with Gasteiger partial charge >= 0.3 is 5.97 Å². The normalized spacial score (nSPS) is 13.2. The van der Waals surface area contributed by atoms with E-state index in [1.165, 1.54) is 0 Å². The average molecular weight is 273 g/mol. The van der Waals surface area contributed by atoms with Crippen LogP contribution in [0.5, 0.6) is 0 Å². The Morgan fingerprint density at radius 2 is 1.79 bits per heavy atom. The zero-order valence-electron chi connectivity index (χ0n) is 12.9. The number of carbonyl (C=O) groups is 2.